The van der Waals surface area contributed by atoms with Crippen LogP contribution in [0.5, 0.6) is 0 Å². The van der Waals surface area contributed by atoms with Crippen molar-refractivity contribution in [2.75, 3.05) is 18.0 Å². The maximum absolute atomic E-state index is 10.5. The van der Waals surface area contributed by atoms with Crippen LogP contribution in [0.1, 0.15) is 6.42 Å². The molecule has 0 fully saturated rings. The SMILES string of the molecule is O=[N+]([O-])c1ccc(N2CC=C(O)CC2)cc1. The lowest BCUT2D eigenvalue weighted by atomic mass is 10.2. The highest BCUT2D eigenvalue weighted by Crippen LogP contribution is 2.21. The quantitative estimate of drug-likeness (QED) is 0.613. The van der Waals surface area contributed by atoms with Crippen molar-refractivity contribution < 1.29 is 10.0 Å². The highest BCUT2D eigenvalue weighted by Gasteiger charge is 2.12. The summed E-state index contributed by atoms with van der Waals surface area (Å²) in [6.07, 6.45) is 2.38. The molecule has 5 nitrogen and oxygen atoms in total. The third-order valence-electron chi connectivity index (χ3n) is 2.61. The van der Waals surface area contributed by atoms with Gasteiger partial charge >= 0.3 is 0 Å². The normalized spacial score (nSPS) is 15.8. The van der Waals surface area contributed by atoms with Crippen molar-refractivity contribution in [2.24, 2.45) is 0 Å². The number of nitrogens with zero attached hydrogens (tertiary/aromatic N) is 2. The molecule has 16 heavy (non-hydrogen) atoms. The summed E-state index contributed by atoms with van der Waals surface area (Å²) >= 11 is 0. The van der Waals surface area contributed by atoms with Crippen molar-refractivity contribution in [3.63, 3.8) is 0 Å². The Labute approximate surface area is 92.8 Å². The molecule has 5 heteroatoms. The number of non-ortho nitro benzene ring substituents is 1. The highest BCUT2D eigenvalue weighted by molar-refractivity contribution is 5.51. The van der Waals surface area contributed by atoms with Gasteiger partial charge in [0.2, 0.25) is 0 Å². The Morgan fingerprint density at radius 2 is 2.00 bits per heavy atom. The van der Waals surface area contributed by atoms with E-state index in [0.717, 1.165) is 12.2 Å². The number of hydrogen-bond donors (Lipinski definition) is 1. The van der Waals surface area contributed by atoms with Crippen LogP contribution in [-0.2, 0) is 0 Å². The third-order valence-corrected chi connectivity index (χ3v) is 2.61. The van der Waals surface area contributed by atoms with Crippen LogP contribution < -0.4 is 4.90 Å². The van der Waals surface area contributed by atoms with E-state index >= 15 is 0 Å². The molecular formula is C11H12N2O3. The molecule has 1 aliphatic rings. The van der Waals surface area contributed by atoms with E-state index < -0.39 is 4.92 Å². The molecule has 1 aromatic carbocycles. The zero-order valence-electron chi connectivity index (χ0n) is 8.67. The molecule has 0 spiro atoms. The number of hydrogen-bond acceptors (Lipinski definition) is 4. The van der Waals surface area contributed by atoms with E-state index in [2.05, 4.69) is 4.90 Å². The minimum absolute atomic E-state index is 0.0964. The number of nitro benzene ring substituents is 1. The van der Waals surface area contributed by atoms with Crippen molar-refractivity contribution in [2.45, 2.75) is 6.42 Å². The van der Waals surface area contributed by atoms with E-state index in [1.807, 2.05) is 0 Å². The molecule has 0 atom stereocenters. The summed E-state index contributed by atoms with van der Waals surface area (Å²) in [4.78, 5) is 12.1. The molecule has 1 aliphatic heterocycles. The second-order valence-corrected chi connectivity index (χ2v) is 3.66. The summed E-state index contributed by atoms with van der Waals surface area (Å²) in [6.45, 7) is 1.38. The lowest BCUT2D eigenvalue weighted by molar-refractivity contribution is -0.384. The van der Waals surface area contributed by atoms with E-state index in [-0.39, 0.29) is 5.69 Å². The van der Waals surface area contributed by atoms with Crippen molar-refractivity contribution in [1.29, 1.82) is 0 Å². The Kier molecular flexibility index (Phi) is 2.76. The van der Waals surface area contributed by atoms with Gasteiger partial charge in [-0.15, -0.1) is 0 Å². The predicted molar refractivity (Wildman–Crippen MR) is 60.6 cm³/mol. The Balaban J connectivity index is 2.13. The number of aliphatic hydroxyl groups is 1. The van der Waals surface area contributed by atoms with Crippen molar-refractivity contribution in [3.8, 4) is 0 Å². The van der Waals surface area contributed by atoms with E-state index in [4.69, 9.17) is 0 Å². The van der Waals surface area contributed by atoms with Gasteiger partial charge in [-0.3, -0.25) is 10.1 Å². The summed E-state index contributed by atoms with van der Waals surface area (Å²) < 4.78 is 0. The molecule has 1 aromatic rings. The number of anilines is 1. The molecule has 84 valence electrons. The molecule has 2 rings (SSSR count). The fourth-order valence-corrected chi connectivity index (χ4v) is 1.68. The van der Waals surface area contributed by atoms with E-state index in [1.165, 1.54) is 12.1 Å². The van der Waals surface area contributed by atoms with Crippen LogP contribution in [0.25, 0.3) is 0 Å². The van der Waals surface area contributed by atoms with Gasteiger partial charge in [-0.2, -0.15) is 0 Å². The third kappa shape index (κ3) is 2.13. The number of aliphatic hydroxyl groups excluding tert-OH is 1. The molecule has 0 bridgehead atoms. The lowest BCUT2D eigenvalue weighted by Crippen LogP contribution is -2.28. The molecule has 0 saturated heterocycles. The van der Waals surface area contributed by atoms with Gasteiger partial charge in [0.25, 0.3) is 5.69 Å². The zero-order valence-corrected chi connectivity index (χ0v) is 8.67. The molecular weight excluding hydrogens is 208 g/mol. The van der Waals surface area contributed by atoms with Gasteiger partial charge < -0.3 is 10.0 Å². The molecule has 0 radical (unpaired) electrons. The van der Waals surface area contributed by atoms with Gasteiger partial charge in [-0.25, -0.2) is 0 Å². The first kappa shape index (κ1) is 10.5. The lowest BCUT2D eigenvalue weighted by Gasteiger charge is -2.26. The maximum atomic E-state index is 10.5. The smallest absolute Gasteiger partial charge is 0.269 e. The minimum atomic E-state index is -0.411. The zero-order chi connectivity index (χ0) is 11.5. The first-order chi connectivity index (χ1) is 7.66. The molecule has 0 unspecified atom stereocenters. The summed E-state index contributed by atoms with van der Waals surface area (Å²) in [5.41, 5.74) is 1.04. The maximum Gasteiger partial charge on any atom is 0.269 e. The largest absolute Gasteiger partial charge is 0.513 e. The standard InChI is InChI=1S/C11H12N2O3/c14-11-5-7-12(8-6-11)9-1-3-10(4-2-9)13(15)16/h1-5,14H,6-8H2. The Bertz CT molecular complexity index is 425. The van der Waals surface area contributed by atoms with E-state index in [0.29, 0.717) is 18.7 Å². The Morgan fingerprint density at radius 3 is 2.50 bits per heavy atom. The molecule has 0 aromatic heterocycles. The fraction of sp³-hybridized carbons (Fsp3) is 0.273. The van der Waals surface area contributed by atoms with E-state index in [1.54, 1.807) is 18.2 Å². The molecule has 0 aliphatic carbocycles. The molecule has 0 amide bonds. The van der Waals surface area contributed by atoms with Crippen LogP contribution in [0.2, 0.25) is 0 Å². The van der Waals surface area contributed by atoms with Crippen molar-refractivity contribution in [3.05, 3.63) is 46.2 Å². The van der Waals surface area contributed by atoms with Crippen LogP contribution in [0, 0.1) is 10.1 Å². The summed E-state index contributed by atoms with van der Waals surface area (Å²) in [5, 5.41) is 19.7. The van der Waals surface area contributed by atoms with Gasteiger partial charge in [-0.05, 0) is 18.2 Å². The number of benzene rings is 1. The number of nitro groups is 1. The minimum Gasteiger partial charge on any atom is -0.513 e. The van der Waals surface area contributed by atoms with Crippen LogP contribution in [-0.4, -0.2) is 23.1 Å². The number of rotatable bonds is 2. The average molecular weight is 220 g/mol. The van der Waals surface area contributed by atoms with Crippen molar-refractivity contribution in [1.82, 2.24) is 0 Å². The fourth-order valence-electron chi connectivity index (χ4n) is 1.68. The average Bonchev–Trinajstić information content (AvgIpc) is 2.30. The van der Waals surface area contributed by atoms with Gasteiger partial charge in [-0.1, -0.05) is 0 Å². The molecule has 0 saturated carbocycles. The Hall–Kier alpha value is -2.04. The first-order valence-electron chi connectivity index (χ1n) is 5.04. The summed E-state index contributed by atoms with van der Waals surface area (Å²) in [7, 11) is 0. The topological polar surface area (TPSA) is 66.6 Å². The van der Waals surface area contributed by atoms with Crippen LogP contribution in [0.15, 0.2) is 36.1 Å². The summed E-state index contributed by atoms with van der Waals surface area (Å²) in [6, 6.07) is 6.45. The van der Waals surface area contributed by atoms with E-state index in [9.17, 15) is 15.2 Å². The summed E-state index contributed by atoms with van der Waals surface area (Å²) in [5.74, 6) is 0.415. The van der Waals surface area contributed by atoms with Crippen LogP contribution in [0.3, 0.4) is 0 Å². The predicted octanol–water partition coefficient (Wildman–Crippen LogP) is 2.25. The molecule has 1 N–H and O–H groups in total. The Morgan fingerprint density at radius 1 is 1.31 bits per heavy atom. The second-order valence-electron chi connectivity index (χ2n) is 3.66. The monoisotopic (exact) mass is 220 g/mol. The van der Waals surface area contributed by atoms with Gasteiger partial charge in [0, 0.05) is 37.3 Å². The van der Waals surface area contributed by atoms with Gasteiger partial charge in [0.05, 0.1) is 10.7 Å². The first-order valence-corrected chi connectivity index (χ1v) is 5.04. The van der Waals surface area contributed by atoms with Crippen LogP contribution in [0.4, 0.5) is 11.4 Å². The van der Waals surface area contributed by atoms with Crippen molar-refractivity contribution >= 4 is 11.4 Å². The van der Waals surface area contributed by atoms with Gasteiger partial charge in [0.15, 0.2) is 0 Å². The second kappa shape index (κ2) is 4.22. The van der Waals surface area contributed by atoms with Crippen LogP contribution >= 0.6 is 0 Å². The highest BCUT2D eigenvalue weighted by atomic mass is 16.6. The molecule has 1 heterocycles. The van der Waals surface area contributed by atoms with Gasteiger partial charge in [0.1, 0.15) is 0 Å².